The van der Waals surface area contributed by atoms with Crippen LogP contribution in [0.4, 0.5) is 0 Å². The molecule has 0 N–H and O–H groups in total. The highest BCUT2D eigenvalue weighted by molar-refractivity contribution is 6.63. The van der Waals surface area contributed by atoms with Crippen molar-refractivity contribution in [3.63, 3.8) is 0 Å². The summed E-state index contributed by atoms with van der Waals surface area (Å²) in [4.78, 5) is 20.2. The van der Waals surface area contributed by atoms with Gasteiger partial charge in [0.05, 0.1) is 0 Å². The second kappa shape index (κ2) is 15.6. The van der Waals surface area contributed by atoms with Crippen molar-refractivity contribution < 1.29 is 9.59 Å². The average molecular weight is 265 g/mol. The highest BCUT2D eigenvalue weighted by atomic mass is 35.5. The Labute approximate surface area is 112 Å². The van der Waals surface area contributed by atoms with Crippen LogP contribution in [0.3, 0.4) is 0 Å². The van der Waals surface area contributed by atoms with Crippen molar-refractivity contribution in [3.05, 3.63) is 0 Å². The molecule has 17 heavy (non-hydrogen) atoms. The zero-order chi connectivity index (χ0) is 14.4. The molecule has 0 saturated heterocycles. The summed E-state index contributed by atoms with van der Waals surface area (Å²) in [6.07, 6.45) is 1.87. The summed E-state index contributed by atoms with van der Waals surface area (Å²) in [5, 5.41) is -0.273. The summed E-state index contributed by atoms with van der Waals surface area (Å²) < 4.78 is 0. The summed E-state index contributed by atoms with van der Waals surface area (Å²) in [5.74, 6) is 1.74. The minimum absolute atomic E-state index is 0.273. The van der Waals surface area contributed by atoms with E-state index < -0.39 is 0 Å². The lowest BCUT2D eigenvalue weighted by atomic mass is 10.1. The van der Waals surface area contributed by atoms with Crippen LogP contribution in [0.1, 0.15) is 67.7 Å². The lowest BCUT2D eigenvalue weighted by molar-refractivity contribution is -0.119. The van der Waals surface area contributed by atoms with Crippen LogP contribution in [0.5, 0.6) is 0 Å². The predicted molar refractivity (Wildman–Crippen MR) is 76.4 cm³/mol. The van der Waals surface area contributed by atoms with E-state index in [0.717, 1.165) is 12.3 Å². The topological polar surface area (TPSA) is 34.1 Å². The molecule has 0 aromatic heterocycles. The highest BCUT2D eigenvalue weighted by Gasteiger charge is 1.99. The van der Waals surface area contributed by atoms with E-state index in [0.29, 0.717) is 24.5 Å². The molecule has 0 aliphatic heterocycles. The maximum absolute atomic E-state index is 10.6. The molecule has 0 spiro atoms. The van der Waals surface area contributed by atoms with Gasteiger partial charge in [0.25, 0.3) is 0 Å². The Kier molecular flexibility index (Phi) is 20.1. The monoisotopic (exact) mass is 264 g/mol. The first-order valence-electron chi connectivity index (χ1n) is 6.37. The van der Waals surface area contributed by atoms with Crippen LogP contribution in [-0.4, -0.2) is 11.0 Å². The van der Waals surface area contributed by atoms with E-state index in [4.69, 9.17) is 11.6 Å². The number of Topliss-reactive ketones (excluding diaryl/α,β-unsaturated/α-hetero) is 1. The number of hydrogen-bond acceptors (Lipinski definition) is 2. The summed E-state index contributed by atoms with van der Waals surface area (Å²) in [6.45, 7) is 14.3. The normalized spacial score (nSPS) is 9.06. The molecule has 0 aliphatic rings. The van der Waals surface area contributed by atoms with Gasteiger partial charge in [-0.05, 0) is 23.4 Å². The predicted octanol–water partition coefficient (Wildman–Crippen LogP) is 4.84. The van der Waals surface area contributed by atoms with Crippen LogP contribution in [0.25, 0.3) is 0 Å². The summed E-state index contributed by atoms with van der Waals surface area (Å²) in [7, 11) is 0. The number of hydrogen-bond donors (Lipinski definition) is 0. The standard InChI is InChI=1S/C7H14O.C4H10.C3H5ClO/c1-4-7(8)5-6(2)3;1-4(2)3;1-2-3(4)5/h6H,4-5H2,1-3H3;4H,1-3H3;2H2,1H3. The van der Waals surface area contributed by atoms with Gasteiger partial charge in [-0.3, -0.25) is 9.59 Å². The van der Waals surface area contributed by atoms with Crippen molar-refractivity contribution in [1.29, 1.82) is 0 Å². The molecule has 0 unspecified atom stereocenters. The van der Waals surface area contributed by atoms with E-state index in [1.165, 1.54) is 0 Å². The molecule has 0 heterocycles. The van der Waals surface area contributed by atoms with Gasteiger partial charge in [0.2, 0.25) is 5.24 Å². The molecule has 0 rings (SSSR count). The van der Waals surface area contributed by atoms with Gasteiger partial charge in [0, 0.05) is 19.3 Å². The van der Waals surface area contributed by atoms with Crippen LogP contribution in [0.2, 0.25) is 0 Å². The van der Waals surface area contributed by atoms with Crippen molar-refractivity contribution in [2.24, 2.45) is 11.8 Å². The number of carbonyl (C=O) groups excluding carboxylic acids is 2. The van der Waals surface area contributed by atoms with E-state index in [1.54, 1.807) is 6.92 Å². The highest BCUT2D eigenvalue weighted by Crippen LogP contribution is 2.01. The first-order chi connectivity index (χ1) is 7.67. The van der Waals surface area contributed by atoms with Gasteiger partial charge >= 0.3 is 0 Å². The molecule has 0 atom stereocenters. The van der Waals surface area contributed by atoms with Crippen molar-refractivity contribution in [2.45, 2.75) is 67.7 Å². The molecule has 0 fully saturated rings. The molecule has 0 radical (unpaired) electrons. The number of halogens is 1. The maximum Gasteiger partial charge on any atom is 0.221 e. The zero-order valence-corrected chi connectivity index (χ0v) is 13.2. The van der Waals surface area contributed by atoms with Crippen molar-refractivity contribution >= 4 is 22.6 Å². The second-order valence-corrected chi connectivity index (χ2v) is 5.35. The van der Waals surface area contributed by atoms with E-state index >= 15 is 0 Å². The van der Waals surface area contributed by atoms with E-state index in [-0.39, 0.29) is 5.24 Å². The zero-order valence-electron chi connectivity index (χ0n) is 12.5. The van der Waals surface area contributed by atoms with Gasteiger partial charge in [-0.1, -0.05) is 48.5 Å². The fraction of sp³-hybridized carbons (Fsp3) is 0.857. The number of ketones is 1. The fourth-order valence-electron chi connectivity index (χ4n) is 0.600. The first-order valence-corrected chi connectivity index (χ1v) is 6.75. The van der Waals surface area contributed by atoms with Gasteiger partial charge < -0.3 is 0 Å². The summed E-state index contributed by atoms with van der Waals surface area (Å²) in [5.41, 5.74) is 0. The third-order valence-electron chi connectivity index (χ3n) is 1.31. The van der Waals surface area contributed by atoms with Crippen molar-refractivity contribution in [2.75, 3.05) is 0 Å². The number of rotatable bonds is 4. The Bertz CT molecular complexity index is 184. The largest absolute Gasteiger partial charge is 0.300 e. The Morgan fingerprint density at radius 1 is 0.941 bits per heavy atom. The van der Waals surface area contributed by atoms with Crippen molar-refractivity contribution in [3.8, 4) is 0 Å². The Balaban J connectivity index is -0.000000188. The Morgan fingerprint density at radius 3 is 1.29 bits per heavy atom. The van der Waals surface area contributed by atoms with E-state index in [1.807, 2.05) is 6.92 Å². The van der Waals surface area contributed by atoms with Gasteiger partial charge in [-0.25, -0.2) is 0 Å². The van der Waals surface area contributed by atoms with Gasteiger partial charge in [-0.15, -0.1) is 0 Å². The summed E-state index contributed by atoms with van der Waals surface area (Å²) >= 11 is 4.82. The first kappa shape index (κ1) is 21.9. The third-order valence-corrected chi connectivity index (χ3v) is 1.58. The quantitative estimate of drug-likeness (QED) is 0.681. The van der Waals surface area contributed by atoms with Crippen LogP contribution in [0, 0.1) is 11.8 Å². The SMILES string of the molecule is CC(C)C.CCC(=O)CC(C)C.CCC(=O)Cl. The molecular formula is C14H29ClO2. The van der Waals surface area contributed by atoms with Gasteiger partial charge in [0.1, 0.15) is 5.78 Å². The molecule has 0 bridgehead atoms. The smallest absolute Gasteiger partial charge is 0.221 e. The lowest BCUT2D eigenvalue weighted by Crippen LogP contribution is -1.99. The van der Waals surface area contributed by atoms with Gasteiger partial charge in [0.15, 0.2) is 0 Å². The van der Waals surface area contributed by atoms with Crippen LogP contribution in [-0.2, 0) is 9.59 Å². The molecule has 3 heteroatoms. The molecule has 2 nitrogen and oxygen atoms in total. The molecule has 0 aromatic rings. The lowest BCUT2D eigenvalue weighted by Gasteiger charge is -1.98. The molecule has 0 amide bonds. The van der Waals surface area contributed by atoms with Crippen LogP contribution >= 0.6 is 11.6 Å². The molecule has 104 valence electrons. The minimum Gasteiger partial charge on any atom is -0.300 e. The minimum atomic E-state index is -0.273. The fourth-order valence-corrected chi connectivity index (χ4v) is 0.600. The molecule has 0 aromatic carbocycles. The number of carbonyl (C=O) groups is 2. The van der Waals surface area contributed by atoms with Gasteiger partial charge in [-0.2, -0.15) is 0 Å². The van der Waals surface area contributed by atoms with Crippen LogP contribution in [0.15, 0.2) is 0 Å². The summed E-state index contributed by atoms with van der Waals surface area (Å²) in [6, 6.07) is 0. The maximum atomic E-state index is 10.6. The molecule has 0 aliphatic carbocycles. The van der Waals surface area contributed by atoms with Crippen molar-refractivity contribution in [1.82, 2.24) is 0 Å². The third kappa shape index (κ3) is 49.9. The van der Waals surface area contributed by atoms with E-state index in [9.17, 15) is 9.59 Å². The molecular weight excluding hydrogens is 236 g/mol. The second-order valence-electron chi connectivity index (χ2n) is 4.93. The molecule has 0 saturated carbocycles. The Morgan fingerprint density at radius 2 is 1.24 bits per heavy atom. The Hall–Kier alpha value is -0.370. The van der Waals surface area contributed by atoms with E-state index in [2.05, 4.69) is 34.6 Å². The average Bonchev–Trinajstić information content (AvgIpc) is 2.16. The van der Waals surface area contributed by atoms with Crippen LogP contribution < -0.4 is 0 Å².